The fourth-order valence-corrected chi connectivity index (χ4v) is 1.93. The summed E-state index contributed by atoms with van der Waals surface area (Å²) < 4.78 is 5.19. The van der Waals surface area contributed by atoms with E-state index < -0.39 is 0 Å². The lowest BCUT2D eigenvalue weighted by atomic mass is 10.0. The first-order valence-electron chi connectivity index (χ1n) is 6.48. The van der Waals surface area contributed by atoms with Gasteiger partial charge in [-0.3, -0.25) is 4.79 Å². The Morgan fingerprint density at radius 3 is 2.58 bits per heavy atom. The minimum atomic E-state index is -0.115. The van der Waals surface area contributed by atoms with E-state index in [1.807, 2.05) is 40.7 Å². The van der Waals surface area contributed by atoms with Crippen molar-refractivity contribution in [2.24, 2.45) is 0 Å². The van der Waals surface area contributed by atoms with Gasteiger partial charge in [-0.25, -0.2) is 4.98 Å². The summed E-state index contributed by atoms with van der Waals surface area (Å²) in [5.74, 6) is 0.107. The van der Waals surface area contributed by atoms with Crippen molar-refractivity contribution in [3.63, 3.8) is 0 Å². The van der Waals surface area contributed by atoms with Crippen LogP contribution in [0.25, 0.3) is 11.1 Å². The monoisotopic (exact) mass is 261 g/mol. The molecule has 2 aromatic heterocycles. The minimum absolute atomic E-state index is 0.0818. The molecule has 5 heteroatoms. The first-order valence-corrected chi connectivity index (χ1v) is 6.48. The number of carbonyl (C=O) groups excluding carboxylic acids is 1. The molecule has 19 heavy (non-hydrogen) atoms. The van der Waals surface area contributed by atoms with Crippen molar-refractivity contribution in [1.82, 2.24) is 15.5 Å². The Morgan fingerprint density at radius 1 is 1.32 bits per heavy atom. The predicted octanol–water partition coefficient (Wildman–Crippen LogP) is 2.79. The fraction of sp³-hybridized carbons (Fsp3) is 0.500. The molecule has 2 rings (SSSR count). The molecule has 5 nitrogen and oxygen atoms in total. The van der Waals surface area contributed by atoms with Gasteiger partial charge in [-0.1, -0.05) is 19.0 Å². The van der Waals surface area contributed by atoms with Crippen LogP contribution in [0.1, 0.15) is 55.4 Å². The smallest absolute Gasteiger partial charge is 0.259 e. The number of rotatable bonds is 3. The molecule has 102 valence electrons. The van der Waals surface area contributed by atoms with E-state index in [2.05, 4.69) is 15.5 Å². The lowest BCUT2D eigenvalue weighted by Gasteiger charge is -2.11. The van der Waals surface area contributed by atoms with Gasteiger partial charge in [-0.2, -0.15) is 0 Å². The highest BCUT2D eigenvalue weighted by atomic mass is 16.5. The van der Waals surface area contributed by atoms with Crippen LogP contribution in [0.3, 0.4) is 0 Å². The van der Waals surface area contributed by atoms with Gasteiger partial charge in [0.1, 0.15) is 0 Å². The van der Waals surface area contributed by atoms with Crippen molar-refractivity contribution >= 4 is 17.0 Å². The van der Waals surface area contributed by atoms with Crippen molar-refractivity contribution in [2.45, 2.75) is 46.6 Å². The molecule has 0 unspecified atom stereocenters. The number of aromatic nitrogens is 2. The van der Waals surface area contributed by atoms with E-state index in [1.165, 1.54) is 0 Å². The van der Waals surface area contributed by atoms with Crippen LogP contribution in [-0.2, 0) is 0 Å². The van der Waals surface area contributed by atoms with Crippen LogP contribution in [0.15, 0.2) is 10.6 Å². The highest BCUT2D eigenvalue weighted by Gasteiger charge is 2.19. The van der Waals surface area contributed by atoms with Crippen molar-refractivity contribution in [1.29, 1.82) is 0 Å². The van der Waals surface area contributed by atoms with Gasteiger partial charge >= 0.3 is 0 Å². The molecule has 0 atom stereocenters. The molecular weight excluding hydrogens is 242 g/mol. The third kappa shape index (κ3) is 2.59. The van der Waals surface area contributed by atoms with Crippen LogP contribution in [-0.4, -0.2) is 22.1 Å². The summed E-state index contributed by atoms with van der Waals surface area (Å²) in [5.41, 5.74) is 2.53. The zero-order valence-electron chi connectivity index (χ0n) is 11.9. The Kier molecular flexibility index (Phi) is 3.55. The highest BCUT2D eigenvalue weighted by Crippen LogP contribution is 2.25. The Labute approximate surface area is 112 Å². The summed E-state index contributed by atoms with van der Waals surface area (Å²) in [4.78, 5) is 16.7. The van der Waals surface area contributed by atoms with Gasteiger partial charge in [0.15, 0.2) is 0 Å². The average molecular weight is 261 g/mol. The molecule has 0 aliphatic heterocycles. The topological polar surface area (TPSA) is 68.0 Å². The van der Waals surface area contributed by atoms with Crippen LogP contribution in [0.2, 0.25) is 0 Å². The normalized spacial score (nSPS) is 11.5. The molecule has 1 amide bonds. The number of hydrogen-bond donors (Lipinski definition) is 1. The van der Waals surface area contributed by atoms with E-state index in [4.69, 9.17) is 4.52 Å². The zero-order valence-corrected chi connectivity index (χ0v) is 11.9. The molecule has 2 heterocycles. The fourth-order valence-electron chi connectivity index (χ4n) is 1.93. The number of aryl methyl sites for hydroxylation is 1. The number of hydrogen-bond acceptors (Lipinski definition) is 4. The van der Waals surface area contributed by atoms with Crippen LogP contribution in [0.5, 0.6) is 0 Å². The van der Waals surface area contributed by atoms with Crippen molar-refractivity contribution in [3.05, 3.63) is 23.0 Å². The number of nitrogens with one attached hydrogen (secondary N) is 1. The summed E-state index contributed by atoms with van der Waals surface area (Å²) in [6.45, 7) is 9.73. The predicted molar refractivity (Wildman–Crippen MR) is 73.2 cm³/mol. The molecule has 0 saturated heterocycles. The van der Waals surface area contributed by atoms with E-state index in [0.29, 0.717) is 22.4 Å². The molecule has 0 aliphatic carbocycles. The van der Waals surface area contributed by atoms with Crippen molar-refractivity contribution < 1.29 is 9.32 Å². The molecule has 0 fully saturated rings. The molecular formula is C14H19N3O2. The quantitative estimate of drug-likeness (QED) is 0.922. The summed E-state index contributed by atoms with van der Waals surface area (Å²) in [6, 6.07) is 1.91. The van der Waals surface area contributed by atoms with E-state index >= 15 is 0 Å². The maximum absolute atomic E-state index is 12.3. The highest BCUT2D eigenvalue weighted by molar-refractivity contribution is 6.06. The van der Waals surface area contributed by atoms with Gasteiger partial charge in [0.2, 0.25) is 0 Å². The van der Waals surface area contributed by atoms with Gasteiger partial charge in [0.05, 0.1) is 16.6 Å². The Morgan fingerprint density at radius 2 is 2.00 bits per heavy atom. The largest absolute Gasteiger partial charge is 0.350 e. The first kappa shape index (κ1) is 13.5. The second-order valence-electron chi connectivity index (χ2n) is 5.33. The standard InChI is InChI=1S/C14H19N3O2/c1-7(2)11-6-10(13(18)15-8(3)4)12-9(5)17-19-14(12)16-11/h6-8H,1-5H3,(H,15,18). The third-order valence-corrected chi connectivity index (χ3v) is 2.89. The van der Waals surface area contributed by atoms with Crippen LogP contribution in [0.4, 0.5) is 0 Å². The van der Waals surface area contributed by atoms with Gasteiger partial charge in [-0.15, -0.1) is 0 Å². The van der Waals surface area contributed by atoms with Gasteiger partial charge in [0.25, 0.3) is 11.6 Å². The van der Waals surface area contributed by atoms with E-state index in [1.54, 1.807) is 0 Å². The molecule has 0 aromatic carbocycles. The zero-order chi connectivity index (χ0) is 14.2. The van der Waals surface area contributed by atoms with Crippen LogP contribution >= 0.6 is 0 Å². The van der Waals surface area contributed by atoms with Gasteiger partial charge in [-0.05, 0) is 32.8 Å². The van der Waals surface area contributed by atoms with E-state index in [9.17, 15) is 4.79 Å². The molecule has 0 spiro atoms. The van der Waals surface area contributed by atoms with Gasteiger partial charge < -0.3 is 9.84 Å². The van der Waals surface area contributed by atoms with E-state index in [0.717, 1.165) is 5.69 Å². The van der Waals surface area contributed by atoms with Crippen LogP contribution < -0.4 is 5.32 Å². The molecule has 1 N–H and O–H groups in total. The molecule has 0 saturated carbocycles. The molecule has 0 radical (unpaired) electrons. The molecule has 0 aliphatic rings. The summed E-state index contributed by atoms with van der Waals surface area (Å²) in [5, 5.41) is 7.50. The Bertz CT molecular complexity index is 614. The lowest BCUT2D eigenvalue weighted by molar-refractivity contribution is 0.0944. The van der Waals surface area contributed by atoms with Crippen LogP contribution in [0, 0.1) is 6.92 Å². The van der Waals surface area contributed by atoms with E-state index in [-0.39, 0.29) is 17.9 Å². The third-order valence-electron chi connectivity index (χ3n) is 2.89. The van der Waals surface area contributed by atoms with Crippen molar-refractivity contribution in [3.8, 4) is 0 Å². The summed E-state index contributed by atoms with van der Waals surface area (Å²) in [7, 11) is 0. The summed E-state index contributed by atoms with van der Waals surface area (Å²) in [6.07, 6.45) is 0. The Hall–Kier alpha value is -1.91. The minimum Gasteiger partial charge on any atom is -0.350 e. The number of pyridine rings is 1. The van der Waals surface area contributed by atoms with Gasteiger partial charge in [0, 0.05) is 11.7 Å². The lowest BCUT2D eigenvalue weighted by Crippen LogP contribution is -2.30. The maximum Gasteiger partial charge on any atom is 0.259 e. The number of amides is 1. The number of carbonyl (C=O) groups is 1. The SMILES string of the molecule is Cc1noc2nc(C(C)C)cc(C(=O)NC(C)C)c12. The van der Waals surface area contributed by atoms with Crippen molar-refractivity contribution in [2.75, 3.05) is 0 Å². The maximum atomic E-state index is 12.3. The number of nitrogens with zero attached hydrogens (tertiary/aromatic N) is 2. The second-order valence-corrected chi connectivity index (χ2v) is 5.33. The molecule has 0 bridgehead atoms. The summed E-state index contributed by atoms with van der Waals surface area (Å²) >= 11 is 0. The first-order chi connectivity index (χ1) is 8.90. The number of fused-ring (bicyclic) bond motifs is 1. The average Bonchev–Trinajstić information content (AvgIpc) is 2.69. The molecule has 2 aromatic rings. The second kappa shape index (κ2) is 4.99. The Balaban J connectivity index is 2.61.